The van der Waals surface area contributed by atoms with Crippen molar-refractivity contribution in [1.82, 2.24) is 0 Å². The molecule has 5 aromatic rings. The van der Waals surface area contributed by atoms with Gasteiger partial charge in [0.25, 0.3) is 0 Å². The first-order valence-corrected chi connectivity index (χ1v) is 9.95. The van der Waals surface area contributed by atoms with Crippen molar-refractivity contribution in [3.05, 3.63) is 109 Å². The van der Waals surface area contributed by atoms with Gasteiger partial charge in [0.2, 0.25) is 0 Å². The summed E-state index contributed by atoms with van der Waals surface area (Å²) < 4.78 is 0. The summed E-state index contributed by atoms with van der Waals surface area (Å²) in [7, 11) is 0. The van der Waals surface area contributed by atoms with E-state index in [1.165, 1.54) is 49.4 Å². The monoisotopic (exact) mass is 358 g/mol. The van der Waals surface area contributed by atoms with E-state index in [-0.39, 0.29) is 0 Å². The topological polar surface area (TPSA) is 0 Å². The number of aryl methyl sites for hydroxylation is 1. The van der Waals surface area contributed by atoms with Gasteiger partial charge in [-0.2, -0.15) is 0 Å². The highest BCUT2D eigenvalue weighted by molar-refractivity contribution is 6.21. The predicted molar refractivity (Wildman–Crippen MR) is 122 cm³/mol. The van der Waals surface area contributed by atoms with Crippen molar-refractivity contribution in [3.63, 3.8) is 0 Å². The van der Waals surface area contributed by atoms with Gasteiger partial charge in [-0.3, -0.25) is 0 Å². The van der Waals surface area contributed by atoms with Crippen LogP contribution in [0.4, 0.5) is 0 Å². The predicted octanol–water partition coefficient (Wildman–Crippen LogP) is 7.89. The Bertz CT molecular complexity index is 1260. The van der Waals surface area contributed by atoms with Crippen molar-refractivity contribution in [1.29, 1.82) is 0 Å². The highest BCUT2D eigenvalue weighted by Gasteiger charge is 2.16. The summed E-state index contributed by atoms with van der Waals surface area (Å²) in [5.74, 6) is 0. The van der Waals surface area contributed by atoms with E-state index < -0.39 is 0 Å². The van der Waals surface area contributed by atoms with Crippen molar-refractivity contribution in [3.8, 4) is 22.3 Å². The molecule has 0 amide bonds. The molecule has 0 aliphatic rings. The molecular weight excluding hydrogens is 336 g/mol. The van der Waals surface area contributed by atoms with E-state index in [1.54, 1.807) is 0 Å². The van der Waals surface area contributed by atoms with Crippen LogP contribution in [0, 0.1) is 0 Å². The summed E-state index contributed by atoms with van der Waals surface area (Å²) in [5, 5.41) is 5.24. The van der Waals surface area contributed by atoms with E-state index in [2.05, 4.69) is 110 Å². The Labute approximate surface area is 166 Å². The third-order valence-electron chi connectivity index (χ3n) is 5.65. The lowest BCUT2D eigenvalue weighted by molar-refractivity contribution is 1.14. The minimum Gasteiger partial charge on any atom is -0.0622 e. The minimum absolute atomic E-state index is 1.06. The molecule has 134 valence electrons. The summed E-state index contributed by atoms with van der Waals surface area (Å²) in [6.45, 7) is 2.20. The van der Waals surface area contributed by atoms with Crippen LogP contribution in [-0.4, -0.2) is 0 Å². The Morgan fingerprint density at radius 3 is 1.36 bits per heavy atom. The molecule has 0 spiro atoms. The van der Waals surface area contributed by atoms with Crippen molar-refractivity contribution >= 4 is 21.5 Å². The molecule has 28 heavy (non-hydrogen) atoms. The van der Waals surface area contributed by atoms with Crippen LogP contribution in [0.5, 0.6) is 0 Å². The number of benzene rings is 5. The first-order valence-electron chi connectivity index (χ1n) is 9.95. The van der Waals surface area contributed by atoms with Crippen LogP contribution in [0.25, 0.3) is 43.8 Å². The third-order valence-corrected chi connectivity index (χ3v) is 5.65. The second-order valence-electron chi connectivity index (χ2n) is 7.26. The maximum atomic E-state index is 2.28. The van der Waals surface area contributed by atoms with Crippen molar-refractivity contribution in [2.75, 3.05) is 0 Å². The van der Waals surface area contributed by atoms with E-state index >= 15 is 0 Å². The molecular formula is C28H22. The van der Waals surface area contributed by atoms with Gasteiger partial charge in [0.05, 0.1) is 0 Å². The smallest absolute Gasteiger partial charge is 0.00203 e. The maximum absolute atomic E-state index is 2.28. The average Bonchev–Trinajstić information content (AvgIpc) is 2.79. The molecule has 0 radical (unpaired) electrons. The fraction of sp³-hybridized carbons (Fsp3) is 0.0714. The second-order valence-corrected chi connectivity index (χ2v) is 7.26. The largest absolute Gasteiger partial charge is 0.0622 e. The number of hydrogen-bond donors (Lipinski definition) is 0. The molecule has 0 saturated carbocycles. The Morgan fingerprint density at radius 2 is 0.857 bits per heavy atom. The van der Waals surface area contributed by atoms with E-state index in [0.717, 1.165) is 6.42 Å². The van der Waals surface area contributed by atoms with Crippen LogP contribution in [0.15, 0.2) is 103 Å². The highest BCUT2D eigenvalue weighted by atomic mass is 14.2. The van der Waals surface area contributed by atoms with Gasteiger partial charge in [-0.25, -0.2) is 0 Å². The van der Waals surface area contributed by atoms with Gasteiger partial charge in [0, 0.05) is 0 Å². The molecule has 0 unspecified atom stereocenters. The molecule has 0 aliphatic heterocycles. The van der Waals surface area contributed by atoms with Gasteiger partial charge >= 0.3 is 0 Å². The fourth-order valence-corrected chi connectivity index (χ4v) is 4.25. The summed E-state index contributed by atoms with van der Waals surface area (Å²) in [5.41, 5.74) is 6.55. The summed E-state index contributed by atoms with van der Waals surface area (Å²) in [4.78, 5) is 0. The highest BCUT2D eigenvalue weighted by Crippen LogP contribution is 2.44. The molecule has 5 aromatic carbocycles. The summed E-state index contributed by atoms with van der Waals surface area (Å²) in [6, 6.07) is 37.4. The molecule has 0 saturated heterocycles. The normalized spacial score (nSPS) is 11.2. The van der Waals surface area contributed by atoms with Gasteiger partial charge in [0.15, 0.2) is 0 Å². The molecule has 0 heteroatoms. The minimum atomic E-state index is 1.06. The average molecular weight is 358 g/mol. The molecule has 0 atom stereocenters. The summed E-state index contributed by atoms with van der Waals surface area (Å²) >= 11 is 0. The Hall–Kier alpha value is -3.38. The van der Waals surface area contributed by atoms with Gasteiger partial charge in [0.1, 0.15) is 0 Å². The van der Waals surface area contributed by atoms with Gasteiger partial charge in [-0.15, -0.1) is 0 Å². The zero-order valence-corrected chi connectivity index (χ0v) is 16.0. The Balaban J connectivity index is 1.98. The zero-order chi connectivity index (χ0) is 18.9. The fourth-order valence-electron chi connectivity index (χ4n) is 4.25. The SMILES string of the molecule is CCc1ccc(-c2c(-c3ccccc3)c3ccccc3c3ccccc23)cc1. The van der Waals surface area contributed by atoms with Gasteiger partial charge in [-0.05, 0) is 55.8 Å². The van der Waals surface area contributed by atoms with Crippen molar-refractivity contribution in [2.24, 2.45) is 0 Å². The van der Waals surface area contributed by atoms with Gasteiger partial charge in [-0.1, -0.05) is 110 Å². The van der Waals surface area contributed by atoms with Crippen LogP contribution in [-0.2, 0) is 6.42 Å². The van der Waals surface area contributed by atoms with Crippen LogP contribution in [0.3, 0.4) is 0 Å². The number of hydrogen-bond acceptors (Lipinski definition) is 0. The Morgan fingerprint density at radius 1 is 0.429 bits per heavy atom. The van der Waals surface area contributed by atoms with E-state index in [1.807, 2.05) is 0 Å². The molecule has 0 fully saturated rings. The standard InChI is InChI=1S/C28H22/c1-2-20-16-18-22(19-17-20)28-26-15-9-7-13-24(26)23-12-6-8-14-25(23)27(28)21-10-4-3-5-11-21/h3-19H,2H2,1H3. The van der Waals surface area contributed by atoms with E-state index in [9.17, 15) is 0 Å². The lowest BCUT2D eigenvalue weighted by Gasteiger charge is -2.18. The van der Waals surface area contributed by atoms with Crippen molar-refractivity contribution < 1.29 is 0 Å². The lowest BCUT2D eigenvalue weighted by Crippen LogP contribution is -1.92. The van der Waals surface area contributed by atoms with Crippen LogP contribution < -0.4 is 0 Å². The quantitative estimate of drug-likeness (QED) is 0.288. The molecule has 0 bridgehead atoms. The molecule has 0 aromatic heterocycles. The first-order chi connectivity index (χ1) is 13.9. The lowest BCUT2D eigenvalue weighted by atomic mass is 9.85. The number of rotatable bonds is 3. The van der Waals surface area contributed by atoms with Crippen LogP contribution in [0.2, 0.25) is 0 Å². The van der Waals surface area contributed by atoms with E-state index in [4.69, 9.17) is 0 Å². The first kappa shape index (κ1) is 16.8. The molecule has 5 rings (SSSR count). The van der Waals surface area contributed by atoms with Gasteiger partial charge < -0.3 is 0 Å². The van der Waals surface area contributed by atoms with Crippen LogP contribution in [0.1, 0.15) is 12.5 Å². The summed E-state index contributed by atoms with van der Waals surface area (Å²) in [6.07, 6.45) is 1.06. The van der Waals surface area contributed by atoms with Crippen molar-refractivity contribution in [2.45, 2.75) is 13.3 Å². The molecule has 0 nitrogen and oxygen atoms in total. The molecule has 0 heterocycles. The maximum Gasteiger partial charge on any atom is -0.00203 e. The zero-order valence-electron chi connectivity index (χ0n) is 16.0. The van der Waals surface area contributed by atoms with Crippen LogP contribution >= 0.6 is 0 Å². The van der Waals surface area contributed by atoms with E-state index in [0.29, 0.717) is 0 Å². The second kappa shape index (κ2) is 6.98. The molecule has 0 aliphatic carbocycles. The molecule has 0 N–H and O–H groups in total. The number of fused-ring (bicyclic) bond motifs is 3. The Kier molecular flexibility index (Phi) is 4.18. The third kappa shape index (κ3) is 2.70.